The fraction of sp³-hybridized carbons (Fsp3) is 0.333. The van der Waals surface area contributed by atoms with Gasteiger partial charge < -0.3 is 15.5 Å². The van der Waals surface area contributed by atoms with Crippen molar-refractivity contribution in [2.45, 2.75) is 19.9 Å². The van der Waals surface area contributed by atoms with Crippen molar-refractivity contribution in [2.75, 3.05) is 25.0 Å². The average Bonchev–Trinajstić information content (AvgIpc) is 3.30. The molecule has 1 aliphatic rings. The van der Waals surface area contributed by atoms with E-state index in [0.717, 1.165) is 21.6 Å². The van der Waals surface area contributed by atoms with Gasteiger partial charge in [0, 0.05) is 18.0 Å². The van der Waals surface area contributed by atoms with Crippen LogP contribution in [0.4, 0.5) is 5.82 Å². The molecular formula is C18H19N5O2S2. The molecular weight excluding hydrogens is 382 g/mol. The Morgan fingerprint density at radius 2 is 2.26 bits per heavy atom. The van der Waals surface area contributed by atoms with Gasteiger partial charge in [-0.2, -0.15) is 0 Å². The first-order valence-corrected chi connectivity index (χ1v) is 10.3. The summed E-state index contributed by atoms with van der Waals surface area (Å²) in [5, 5.41) is 9.10. The van der Waals surface area contributed by atoms with Gasteiger partial charge in [0.25, 0.3) is 5.91 Å². The van der Waals surface area contributed by atoms with Gasteiger partial charge in [-0.3, -0.25) is 9.59 Å². The summed E-state index contributed by atoms with van der Waals surface area (Å²) < 4.78 is 0. The topological polar surface area (TPSA) is 87.2 Å². The van der Waals surface area contributed by atoms with E-state index in [1.807, 2.05) is 18.4 Å². The molecule has 2 amide bonds. The Morgan fingerprint density at radius 3 is 3.00 bits per heavy atom. The first-order valence-electron chi connectivity index (χ1n) is 8.64. The fourth-order valence-corrected chi connectivity index (χ4v) is 5.01. The van der Waals surface area contributed by atoms with Crippen LogP contribution >= 0.6 is 22.7 Å². The van der Waals surface area contributed by atoms with E-state index in [0.29, 0.717) is 18.0 Å². The van der Waals surface area contributed by atoms with Crippen molar-refractivity contribution in [2.24, 2.45) is 0 Å². The van der Waals surface area contributed by atoms with Crippen LogP contribution in [0, 0.1) is 6.92 Å². The Bertz CT molecular complexity index is 999. The number of thiophene rings is 2. The molecule has 4 heterocycles. The standard InChI is InChI=1S/C18H19N5O2S2/c1-10-14-16(22-11(2)12-4-3-7-26-12)20-9-21-17(14)27-15(10)18(25)23-6-5-19-13(24)8-23/h3-4,7,9,11H,5-6,8H2,1-2H3,(H,19,24)(H,20,21,22). The van der Waals surface area contributed by atoms with Crippen molar-refractivity contribution < 1.29 is 9.59 Å². The molecule has 0 spiro atoms. The lowest BCUT2D eigenvalue weighted by Crippen LogP contribution is -2.49. The van der Waals surface area contributed by atoms with Crippen LogP contribution in [0.2, 0.25) is 0 Å². The number of anilines is 1. The normalized spacial score (nSPS) is 15.6. The maximum absolute atomic E-state index is 12.9. The zero-order valence-corrected chi connectivity index (χ0v) is 16.6. The predicted octanol–water partition coefficient (Wildman–Crippen LogP) is 2.81. The van der Waals surface area contributed by atoms with Crippen LogP contribution in [0.25, 0.3) is 10.2 Å². The Morgan fingerprint density at radius 1 is 1.41 bits per heavy atom. The fourth-order valence-electron chi connectivity index (χ4n) is 3.15. The number of fused-ring (bicyclic) bond motifs is 1. The summed E-state index contributed by atoms with van der Waals surface area (Å²) in [6.45, 7) is 5.10. The Balaban J connectivity index is 1.67. The largest absolute Gasteiger partial charge is 0.362 e. The molecule has 1 atom stereocenters. The minimum absolute atomic E-state index is 0.0959. The van der Waals surface area contributed by atoms with Gasteiger partial charge in [-0.1, -0.05) is 6.07 Å². The van der Waals surface area contributed by atoms with E-state index < -0.39 is 0 Å². The molecule has 27 heavy (non-hydrogen) atoms. The molecule has 3 aromatic rings. The number of carbonyl (C=O) groups excluding carboxylic acids is 2. The molecule has 0 bridgehead atoms. The third-order valence-electron chi connectivity index (χ3n) is 4.57. The van der Waals surface area contributed by atoms with Gasteiger partial charge in [0.2, 0.25) is 5.91 Å². The van der Waals surface area contributed by atoms with Crippen molar-refractivity contribution in [3.05, 3.63) is 39.2 Å². The molecule has 2 N–H and O–H groups in total. The molecule has 9 heteroatoms. The molecule has 4 rings (SSSR count). The van der Waals surface area contributed by atoms with Crippen LogP contribution in [-0.4, -0.2) is 46.3 Å². The van der Waals surface area contributed by atoms with Crippen LogP contribution in [0.15, 0.2) is 23.8 Å². The highest BCUT2D eigenvalue weighted by Gasteiger charge is 2.27. The van der Waals surface area contributed by atoms with Gasteiger partial charge >= 0.3 is 0 Å². The number of aromatic nitrogens is 2. The van der Waals surface area contributed by atoms with Crippen LogP contribution in [-0.2, 0) is 4.79 Å². The van der Waals surface area contributed by atoms with Crippen LogP contribution in [0.1, 0.15) is 33.1 Å². The molecule has 140 valence electrons. The SMILES string of the molecule is Cc1c(C(=O)N2CCNC(=O)C2)sc2ncnc(NC(C)c3cccs3)c12. The van der Waals surface area contributed by atoms with E-state index in [4.69, 9.17) is 0 Å². The van der Waals surface area contributed by atoms with Crippen LogP contribution < -0.4 is 10.6 Å². The number of hydrogen-bond acceptors (Lipinski definition) is 7. The third-order valence-corrected chi connectivity index (χ3v) is 6.81. The van der Waals surface area contributed by atoms with Gasteiger partial charge in [-0.05, 0) is 30.9 Å². The number of carbonyl (C=O) groups is 2. The van der Waals surface area contributed by atoms with E-state index in [1.165, 1.54) is 22.5 Å². The lowest BCUT2D eigenvalue weighted by molar-refractivity contribution is -0.123. The van der Waals surface area contributed by atoms with Gasteiger partial charge in [0.15, 0.2) is 0 Å². The van der Waals surface area contributed by atoms with Crippen molar-refractivity contribution in [3.63, 3.8) is 0 Å². The van der Waals surface area contributed by atoms with E-state index >= 15 is 0 Å². The highest BCUT2D eigenvalue weighted by atomic mass is 32.1. The molecule has 0 aromatic carbocycles. The summed E-state index contributed by atoms with van der Waals surface area (Å²) in [5.74, 6) is 0.480. The number of hydrogen-bond donors (Lipinski definition) is 2. The molecule has 1 fully saturated rings. The molecule has 7 nitrogen and oxygen atoms in total. The summed E-state index contributed by atoms with van der Waals surface area (Å²) in [5.41, 5.74) is 0.854. The second-order valence-corrected chi connectivity index (χ2v) is 8.40. The quantitative estimate of drug-likeness (QED) is 0.702. The molecule has 0 saturated carbocycles. The van der Waals surface area contributed by atoms with Crippen molar-refractivity contribution >= 4 is 50.5 Å². The van der Waals surface area contributed by atoms with E-state index in [2.05, 4.69) is 33.6 Å². The van der Waals surface area contributed by atoms with Crippen LogP contribution in [0.3, 0.4) is 0 Å². The predicted molar refractivity (Wildman–Crippen MR) is 107 cm³/mol. The maximum Gasteiger partial charge on any atom is 0.264 e. The summed E-state index contributed by atoms with van der Waals surface area (Å²) in [4.78, 5) is 37.5. The first kappa shape index (κ1) is 17.9. The number of nitrogens with zero attached hydrogens (tertiary/aromatic N) is 3. The maximum atomic E-state index is 12.9. The smallest absolute Gasteiger partial charge is 0.264 e. The second-order valence-electron chi connectivity index (χ2n) is 6.42. The van der Waals surface area contributed by atoms with Crippen LogP contribution in [0.5, 0.6) is 0 Å². The minimum Gasteiger partial charge on any atom is -0.362 e. The monoisotopic (exact) mass is 401 g/mol. The number of nitrogens with one attached hydrogen (secondary N) is 2. The molecule has 1 unspecified atom stereocenters. The number of piperazine rings is 1. The lowest BCUT2D eigenvalue weighted by atomic mass is 10.1. The zero-order valence-electron chi connectivity index (χ0n) is 15.0. The number of amides is 2. The van der Waals surface area contributed by atoms with E-state index in [9.17, 15) is 9.59 Å². The van der Waals surface area contributed by atoms with Gasteiger partial charge in [0.05, 0.1) is 22.8 Å². The molecule has 0 radical (unpaired) electrons. The van der Waals surface area contributed by atoms with Gasteiger partial charge in [0.1, 0.15) is 17.0 Å². The lowest BCUT2D eigenvalue weighted by Gasteiger charge is -2.26. The zero-order chi connectivity index (χ0) is 19.0. The highest BCUT2D eigenvalue weighted by Crippen LogP contribution is 2.35. The van der Waals surface area contributed by atoms with Crippen molar-refractivity contribution in [3.8, 4) is 0 Å². The van der Waals surface area contributed by atoms with Crippen molar-refractivity contribution in [1.82, 2.24) is 20.2 Å². The summed E-state index contributed by atoms with van der Waals surface area (Å²) in [6, 6.07) is 4.21. The molecule has 1 saturated heterocycles. The van der Waals surface area contributed by atoms with Crippen molar-refractivity contribution in [1.29, 1.82) is 0 Å². The molecule has 0 aliphatic carbocycles. The number of aryl methyl sites for hydroxylation is 1. The van der Waals surface area contributed by atoms with E-state index in [1.54, 1.807) is 16.2 Å². The van der Waals surface area contributed by atoms with E-state index in [-0.39, 0.29) is 24.4 Å². The average molecular weight is 402 g/mol. The Kier molecular flexibility index (Phi) is 4.79. The second kappa shape index (κ2) is 7.24. The van der Waals surface area contributed by atoms with Gasteiger partial charge in [-0.15, -0.1) is 22.7 Å². The summed E-state index contributed by atoms with van der Waals surface area (Å²) >= 11 is 3.04. The van der Waals surface area contributed by atoms with Gasteiger partial charge in [-0.25, -0.2) is 9.97 Å². The molecule has 3 aromatic heterocycles. The Hall–Kier alpha value is -2.52. The summed E-state index contributed by atoms with van der Waals surface area (Å²) in [7, 11) is 0. The number of rotatable bonds is 4. The minimum atomic E-state index is -0.125. The third kappa shape index (κ3) is 3.40. The summed E-state index contributed by atoms with van der Waals surface area (Å²) in [6.07, 6.45) is 1.52. The Labute approximate surface area is 164 Å². The molecule has 1 aliphatic heterocycles. The first-order chi connectivity index (χ1) is 13.0. The highest BCUT2D eigenvalue weighted by molar-refractivity contribution is 7.20.